The highest BCUT2D eigenvalue weighted by Gasteiger charge is 2.37. The lowest BCUT2D eigenvalue weighted by atomic mass is 10.00. The van der Waals surface area contributed by atoms with E-state index < -0.39 is 11.7 Å². The van der Waals surface area contributed by atoms with Gasteiger partial charge < -0.3 is 9.64 Å². The van der Waals surface area contributed by atoms with Gasteiger partial charge in [-0.3, -0.25) is 9.59 Å². The quantitative estimate of drug-likeness (QED) is 0.785. The van der Waals surface area contributed by atoms with Gasteiger partial charge in [0.15, 0.2) is 0 Å². The van der Waals surface area contributed by atoms with Crippen LogP contribution in [0.3, 0.4) is 0 Å². The molecule has 3 rings (SSSR count). The van der Waals surface area contributed by atoms with Gasteiger partial charge in [0.1, 0.15) is 0 Å². The van der Waals surface area contributed by atoms with Crippen molar-refractivity contribution in [1.82, 2.24) is 0 Å². The monoisotopic (exact) mass is 323 g/mol. The van der Waals surface area contributed by atoms with E-state index in [0.717, 1.165) is 36.2 Å². The molecule has 2 heterocycles. The maximum Gasteiger partial charge on any atom is 0.299 e. The lowest BCUT2D eigenvalue weighted by Gasteiger charge is -2.27. The molecule has 0 N–H and O–H groups in total. The summed E-state index contributed by atoms with van der Waals surface area (Å²) in [6, 6.07) is 5.35. The number of benzene rings is 1. The van der Waals surface area contributed by atoms with Crippen molar-refractivity contribution in [3.63, 3.8) is 0 Å². The minimum absolute atomic E-state index is 0.394. The predicted octanol–water partition coefficient (Wildman–Crippen LogP) is 2.41. The zero-order chi connectivity index (χ0) is 13.4. The van der Waals surface area contributed by atoms with Crippen molar-refractivity contribution in [3.05, 3.63) is 28.2 Å². The maximum absolute atomic E-state index is 12.1. The largest absolute Gasteiger partial charge is 0.381 e. The normalized spacial score (nSPS) is 19.9. The molecular weight excluding hydrogens is 310 g/mol. The van der Waals surface area contributed by atoms with Crippen LogP contribution < -0.4 is 4.90 Å². The van der Waals surface area contributed by atoms with Gasteiger partial charge in [0, 0.05) is 24.2 Å². The average Bonchev–Trinajstić information content (AvgIpc) is 2.65. The molecule has 0 spiro atoms. The Hall–Kier alpha value is -1.20. The summed E-state index contributed by atoms with van der Waals surface area (Å²) in [5.41, 5.74) is 1.25. The molecular formula is C14H14BrNO3. The van der Waals surface area contributed by atoms with Crippen molar-refractivity contribution in [3.8, 4) is 0 Å². The number of ether oxygens (including phenoxy) is 1. The fourth-order valence-electron chi connectivity index (χ4n) is 2.64. The van der Waals surface area contributed by atoms with Crippen LogP contribution in [0.15, 0.2) is 22.7 Å². The van der Waals surface area contributed by atoms with Gasteiger partial charge in [-0.2, -0.15) is 0 Å². The third-order valence-electron chi connectivity index (χ3n) is 3.72. The number of amides is 1. The van der Waals surface area contributed by atoms with Gasteiger partial charge in [0.05, 0.1) is 11.3 Å². The molecule has 0 bridgehead atoms. The molecule has 19 heavy (non-hydrogen) atoms. The third kappa shape index (κ3) is 2.32. The molecule has 2 aliphatic rings. The third-order valence-corrected chi connectivity index (χ3v) is 4.21. The van der Waals surface area contributed by atoms with Crippen molar-refractivity contribution in [1.29, 1.82) is 0 Å². The van der Waals surface area contributed by atoms with Gasteiger partial charge in [0.25, 0.3) is 11.7 Å². The van der Waals surface area contributed by atoms with Gasteiger partial charge >= 0.3 is 0 Å². The first-order valence-electron chi connectivity index (χ1n) is 6.40. The molecule has 1 saturated heterocycles. The van der Waals surface area contributed by atoms with Gasteiger partial charge in [-0.15, -0.1) is 0 Å². The number of hydrogen-bond donors (Lipinski definition) is 0. The second-order valence-electron chi connectivity index (χ2n) is 4.96. The van der Waals surface area contributed by atoms with Gasteiger partial charge in [-0.25, -0.2) is 0 Å². The van der Waals surface area contributed by atoms with Crippen LogP contribution >= 0.6 is 15.9 Å². The molecule has 0 aliphatic carbocycles. The Bertz CT molecular complexity index is 537. The summed E-state index contributed by atoms with van der Waals surface area (Å²) >= 11 is 3.39. The molecule has 0 unspecified atom stereocenters. The Kier molecular flexibility index (Phi) is 3.41. The number of halogens is 1. The molecule has 5 heteroatoms. The number of Topliss-reactive ketones (excluding diaryl/α,β-unsaturated/α-hetero) is 1. The van der Waals surface area contributed by atoms with Crippen molar-refractivity contribution < 1.29 is 14.3 Å². The molecule has 0 atom stereocenters. The van der Waals surface area contributed by atoms with E-state index in [9.17, 15) is 9.59 Å². The van der Waals surface area contributed by atoms with E-state index in [2.05, 4.69) is 15.9 Å². The SMILES string of the molecule is O=C1C(=O)N(CC2CCOCC2)c2cc(Br)ccc21. The van der Waals surface area contributed by atoms with Crippen LogP contribution in [-0.4, -0.2) is 31.4 Å². The van der Waals surface area contributed by atoms with E-state index in [4.69, 9.17) is 4.74 Å². The summed E-state index contributed by atoms with van der Waals surface area (Å²) in [6.45, 7) is 2.09. The van der Waals surface area contributed by atoms with Crippen molar-refractivity contribution in [2.75, 3.05) is 24.7 Å². The smallest absolute Gasteiger partial charge is 0.299 e. The van der Waals surface area contributed by atoms with Crippen LogP contribution in [0.4, 0.5) is 5.69 Å². The first kappa shape index (κ1) is 12.8. The van der Waals surface area contributed by atoms with Crippen LogP contribution in [-0.2, 0) is 9.53 Å². The molecule has 4 nitrogen and oxygen atoms in total. The standard InChI is InChI=1S/C14H14BrNO3/c15-10-1-2-11-12(7-10)16(14(18)13(11)17)8-9-3-5-19-6-4-9/h1-2,7,9H,3-6,8H2. The molecule has 0 aromatic heterocycles. The van der Waals surface area contributed by atoms with E-state index in [1.54, 1.807) is 17.0 Å². The summed E-state index contributed by atoms with van der Waals surface area (Å²) in [7, 11) is 0. The van der Waals surface area contributed by atoms with Crippen molar-refractivity contribution >= 4 is 33.3 Å². The second-order valence-corrected chi connectivity index (χ2v) is 5.88. The fourth-order valence-corrected chi connectivity index (χ4v) is 2.98. The van der Waals surface area contributed by atoms with Crippen molar-refractivity contribution in [2.45, 2.75) is 12.8 Å². The van der Waals surface area contributed by atoms with Gasteiger partial charge in [0.2, 0.25) is 0 Å². The Labute approximate surface area is 119 Å². The molecule has 0 saturated carbocycles. The summed E-state index contributed by atoms with van der Waals surface area (Å²) < 4.78 is 6.20. The maximum atomic E-state index is 12.1. The van der Waals surface area contributed by atoms with E-state index in [1.807, 2.05) is 6.07 Å². The Balaban J connectivity index is 1.87. The van der Waals surface area contributed by atoms with E-state index in [0.29, 0.717) is 18.0 Å². The van der Waals surface area contributed by atoms with E-state index >= 15 is 0 Å². The molecule has 100 valence electrons. The predicted molar refractivity (Wildman–Crippen MR) is 74.4 cm³/mol. The minimum atomic E-state index is -0.403. The van der Waals surface area contributed by atoms with Crippen LogP contribution in [0.25, 0.3) is 0 Å². The molecule has 1 aromatic rings. The zero-order valence-corrected chi connectivity index (χ0v) is 12.0. The lowest BCUT2D eigenvalue weighted by Crippen LogP contribution is -2.36. The van der Waals surface area contributed by atoms with Crippen LogP contribution in [0, 0.1) is 5.92 Å². The molecule has 1 amide bonds. The number of anilines is 1. The number of carbonyl (C=O) groups is 2. The molecule has 1 fully saturated rings. The van der Waals surface area contributed by atoms with E-state index in [1.165, 1.54) is 0 Å². The summed E-state index contributed by atoms with van der Waals surface area (Å²) in [4.78, 5) is 25.6. The highest BCUT2D eigenvalue weighted by Crippen LogP contribution is 2.33. The van der Waals surface area contributed by atoms with Gasteiger partial charge in [-0.1, -0.05) is 15.9 Å². The second kappa shape index (κ2) is 5.06. The Morgan fingerprint density at radius 3 is 2.74 bits per heavy atom. The van der Waals surface area contributed by atoms with Crippen molar-refractivity contribution in [2.24, 2.45) is 5.92 Å². The van der Waals surface area contributed by atoms with Crippen LogP contribution in [0.1, 0.15) is 23.2 Å². The number of rotatable bonds is 2. The Morgan fingerprint density at radius 1 is 1.26 bits per heavy atom. The average molecular weight is 324 g/mol. The highest BCUT2D eigenvalue weighted by molar-refractivity contribution is 9.10. The first-order chi connectivity index (χ1) is 9.16. The number of hydrogen-bond acceptors (Lipinski definition) is 3. The lowest BCUT2D eigenvalue weighted by molar-refractivity contribution is -0.114. The minimum Gasteiger partial charge on any atom is -0.381 e. The van der Waals surface area contributed by atoms with Gasteiger partial charge in [-0.05, 0) is 37.0 Å². The molecule has 0 radical (unpaired) electrons. The highest BCUT2D eigenvalue weighted by atomic mass is 79.9. The van der Waals surface area contributed by atoms with Crippen LogP contribution in [0.5, 0.6) is 0 Å². The topological polar surface area (TPSA) is 46.6 Å². The zero-order valence-electron chi connectivity index (χ0n) is 10.4. The molecule has 1 aromatic carbocycles. The fraction of sp³-hybridized carbons (Fsp3) is 0.429. The van der Waals surface area contributed by atoms with Crippen LogP contribution in [0.2, 0.25) is 0 Å². The summed E-state index contributed by atoms with van der Waals surface area (Å²) in [6.07, 6.45) is 1.89. The molecule has 2 aliphatic heterocycles. The summed E-state index contributed by atoms with van der Waals surface area (Å²) in [5.74, 6) is -0.385. The Morgan fingerprint density at radius 2 is 2.00 bits per heavy atom. The number of carbonyl (C=O) groups excluding carboxylic acids is 2. The van der Waals surface area contributed by atoms with E-state index in [-0.39, 0.29) is 0 Å². The number of fused-ring (bicyclic) bond motifs is 1. The number of ketones is 1. The number of nitrogens with zero attached hydrogens (tertiary/aromatic N) is 1. The first-order valence-corrected chi connectivity index (χ1v) is 7.19. The summed E-state index contributed by atoms with van der Waals surface area (Å²) in [5, 5.41) is 0.